The maximum Gasteiger partial charge on any atom is 0.230 e. The Balaban J connectivity index is 1.68. The number of halogens is 1. The summed E-state index contributed by atoms with van der Waals surface area (Å²) >= 11 is 0. The van der Waals surface area contributed by atoms with Gasteiger partial charge in [0.1, 0.15) is 17.4 Å². The van der Waals surface area contributed by atoms with Gasteiger partial charge in [0.2, 0.25) is 5.88 Å². The van der Waals surface area contributed by atoms with Crippen LogP contribution in [0.4, 0.5) is 10.2 Å². The van der Waals surface area contributed by atoms with E-state index in [1.54, 1.807) is 24.5 Å². The second kappa shape index (κ2) is 8.24. The molecular weight excluding hydrogens is 369 g/mol. The van der Waals surface area contributed by atoms with Crippen LogP contribution in [0.15, 0.2) is 73.1 Å². The largest absolute Gasteiger partial charge is 0.438 e. The lowest BCUT2D eigenvalue weighted by Gasteiger charge is -2.18. The topological polar surface area (TPSA) is 67.3 Å². The Kier molecular flexibility index (Phi) is 5.35. The quantitative estimate of drug-likeness (QED) is 0.473. The van der Waals surface area contributed by atoms with Crippen molar-refractivity contribution >= 4 is 16.6 Å². The molecule has 1 atom stereocenters. The van der Waals surface area contributed by atoms with E-state index in [9.17, 15) is 9.50 Å². The molecule has 0 spiro atoms. The molecule has 0 aliphatic heterocycles. The number of benzene rings is 2. The predicted molar refractivity (Wildman–Crippen MR) is 110 cm³/mol. The Morgan fingerprint density at radius 2 is 1.79 bits per heavy atom. The van der Waals surface area contributed by atoms with Crippen molar-refractivity contribution < 1.29 is 14.2 Å². The number of aromatic nitrogens is 2. The molecule has 0 saturated heterocycles. The lowest BCUT2D eigenvalue weighted by atomic mass is 10.1. The Labute approximate surface area is 167 Å². The summed E-state index contributed by atoms with van der Waals surface area (Å²) in [5.74, 6) is 0.971. The van der Waals surface area contributed by atoms with Gasteiger partial charge in [-0.05, 0) is 47.7 Å². The van der Waals surface area contributed by atoms with E-state index in [0.717, 1.165) is 21.9 Å². The fourth-order valence-corrected chi connectivity index (χ4v) is 3.12. The summed E-state index contributed by atoms with van der Waals surface area (Å²) in [5.41, 5.74) is 1.91. The summed E-state index contributed by atoms with van der Waals surface area (Å²) in [4.78, 5) is 8.82. The van der Waals surface area contributed by atoms with Crippen molar-refractivity contribution in [2.24, 2.45) is 0 Å². The Morgan fingerprint density at radius 1 is 1.03 bits per heavy atom. The highest BCUT2D eigenvalue weighted by molar-refractivity contribution is 5.95. The summed E-state index contributed by atoms with van der Waals surface area (Å²) in [7, 11) is 0. The minimum Gasteiger partial charge on any atom is -0.438 e. The normalized spacial score (nSPS) is 12.0. The van der Waals surface area contributed by atoms with E-state index >= 15 is 0 Å². The van der Waals surface area contributed by atoms with Crippen molar-refractivity contribution in [3.05, 3.63) is 90.0 Å². The first-order valence-electron chi connectivity index (χ1n) is 9.27. The van der Waals surface area contributed by atoms with Crippen LogP contribution in [-0.2, 0) is 6.61 Å². The highest BCUT2D eigenvalue weighted by Crippen LogP contribution is 2.33. The lowest BCUT2D eigenvalue weighted by Crippen LogP contribution is -2.09. The van der Waals surface area contributed by atoms with E-state index in [1.807, 2.05) is 43.3 Å². The van der Waals surface area contributed by atoms with Crippen LogP contribution in [0.2, 0.25) is 0 Å². The summed E-state index contributed by atoms with van der Waals surface area (Å²) < 4.78 is 19.4. The molecule has 0 amide bonds. The van der Waals surface area contributed by atoms with Crippen molar-refractivity contribution in [3.63, 3.8) is 0 Å². The van der Waals surface area contributed by atoms with Gasteiger partial charge in [-0.2, -0.15) is 0 Å². The number of hydrogen-bond donors (Lipinski definition) is 2. The van der Waals surface area contributed by atoms with Crippen LogP contribution in [0.1, 0.15) is 24.1 Å². The van der Waals surface area contributed by atoms with Gasteiger partial charge in [0.05, 0.1) is 12.0 Å². The molecule has 2 aromatic heterocycles. The molecular formula is C23H20FN3O2. The molecule has 5 nitrogen and oxygen atoms in total. The van der Waals surface area contributed by atoms with Gasteiger partial charge >= 0.3 is 0 Å². The number of rotatable bonds is 6. The van der Waals surface area contributed by atoms with E-state index in [1.165, 1.54) is 12.1 Å². The van der Waals surface area contributed by atoms with Crippen LogP contribution < -0.4 is 10.1 Å². The third-order valence-corrected chi connectivity index (χ3v) is 4.67. The van der Waals surface area contributed by atoms with Crippen LogP contribution in [0, 0.1) is 5.82 Å². The summed E-state index contributed by atoms with van der Waals surface area (Å²) in [6.07, 6.45) is 3.37. The number of nitrogens with zero attached hydrogens (tertiary/aromatic N) is 2. The first-order valence-corrected chi connectivity index (χ1v) is 9.27. The van der Waals surface area contributed by atoms with E-state index < -0.39 is 0 Å². The second-order valence-corrected chi connectivity index (χ2v) is 6.70. The smallest absolute Gasteiger partial charge is 0.230 e. The van der Waals surface area contributed by atoms with Crippen molar-refractivity contribution in [1.29, 1.82) is 0 Å². The Morgan fingerprint density at radius 3 is 2.52 bits per heavy atom. The molecule has 4 aromatic rings. The maximum atomic E-state index is 13.5. The van der Waals surface area contributed by atoms with Gasteiger partial charge in [0, 0.05) is 24.5 Å². The van der Waals surface area contributed by atoms with Gasteiger partial charge in [-0.15, -0.1) is 0 Å². The molecule has 0 bridgehead atoms. The average molecular weight is 389 g/mol. The molecule has 2 heterocycles. The van der Waals surface area contributed by atoms with E-state index in [2.05, 4.69) is 15.3 Å². The molecule has 0 fully saturated rings. The SMILES string of the molecule is C[C@H](Nc1nccc2ccnc(Oc3cccc(F)c3)c12)c1ccc(CO)cc1. The fraction of sp³-hybridized carbons (Fsp3) is 0.130. The summed E-state index contributed by atoms with van der Waals surface area (Å²) in [6, 6.07) is 17.4. The zero-order chi connectivity index (χ0) is 20.2. The summed E-state index contributed by atoms with van der Waals surface area (Å²) in [5, 5.41) is 14.3. The molecule has 0 aliphatic rings. The Bertz CT molecular complexity index is 1130. The lowest BCUT2D eigenvalue weighted by molar-refractivity contribution is 0.282. The highest BCUT2D eigenvalue weighted by Gasteiger charge is 2.14. The van der Waals surface area contributed by atoms with Crippen molar-refractivity contribution in [2.45, 2.75) is 19.6 Å². The van der Waals surface area contributed by atoms with Gasteiger partial charge in [-0.25, -0.2) is 14.4 Å². The molecule has 2 aromatic carbocycles. The van der Waals surface area contributed by atoms with Crippen LogP contribution >= 0.6 is 0 Å². The molecule has 2 N–H and O–H groups in total. The number of aliphatic hydroxyl groups excluding tert-OH is 1. The standard InChI is InChI=1S/C23H20FN3O2/c1-15(17-7-5-16(14-28)6-8-17)27-22-21-18(9-11-25-22)10-12-26-23(21)29-20-4-2-3-19(24)13-20/h2-13,15,28H,14H2,1H3,(H,25,27)/t15-/m0/s1. The molecule has 4 rings (SSSR count). The van der Waals surface area contributed by atoms with Crippen molar-refractivity contribution in [3.8, 4) is 11.6 Å². The number of ether oxygens (including phenoxy) is 1. The molecule has 0 saturated carbocycles. The number of aliphatic hydroxyl groups is 1. The first-order chi connectivity index (χ1) is 14.1. The van der Waals surface area contributed by atoms with Gasteiger partial charge in [0.15, 0.2) is 0 Å². The predicted octanol–water partition coefficient (Wildman–Crippen LogP) is 5.23. The second-order valence-electron chi connectivity index (χ2n) is 6.70. The molecule has 0 unspecified atom stereocenters. The zero-order valence-corrected chi connectivity index (χ0v) is 15.8. The fourth-order valence-electron chi connectivity index (χ4n) is 3.12. The molecule has 0 radical (unpaired) electrons. The Hall–Kier alpha value is -3.51. The minimum absolute atomic E-state index is 0.0133. The third kappa shape index (κ3) is 4.17. The zero-order valence-electron chi connectivity index (χ0n) is 15.8. The van der Waals surface area contributed by atoms with E-state index in [-0.39, 0.29) is 18.5 Å². The van der Waals surface area contributed by atoms with Crippen LogP contribution in [-0.4, -0.2) is 15.1 Å². The van der Waals surface area contributed by atoms with Gasteiger partial charge in [0.25, 0.3) is 0 Å². The number of hydrogen-bond acceptors (Lipinski definition) is 5. The maximum absolute atomic E-state index is 13.5. The van der Waals surface area contributed by atoms with Crippen LogP contribution in [0.25, 0.3) is 10.8 Å². The van der Waals surface area contributed by atoms with Crippen LogP contribution in [0.3, 0.4) is 0 Å². The highest BCUT2D eigenvalue weighted by atomic mass is 19.1. The first kappa shape index (κ1) is 18.8. The van der Waals surface area contributed by atoms with E-state index in [0.29, 0.717) is 17.4 Å². The third-order valence-electron chi connectivity index (χ3n) is 4.67. The van der Waals surface area contributed by atoms with Crippen molar-refractivity contribution in [1.82, 2.24) is 9.97 Å². The molecule has 29 heavy (non-hydrogen) atoms. The minimum atomic E-state index is -0.376. The number of pyridine rings is 2. The van der Waals surface area contributed by atoms with E-state index in [4.69, 9.17) is 4.74 Å². The van der Waals surface area contributed by atoms with Crippen molar-refractivity contribution in [2.75, 3.05) is 5.32 Å². The van der Waals surface area contributed by atoms with Crippen LogP contribution in [0.5, 0.6) is 11.6 Å². The van der Waals surface area contributed by atoms with Gasteiger partial charge < -0.3 is 15.2 Å². The monoisotopic (exact) mass is 389 g/mol. The number of fused-ring (bicyclic) bond motifs is 1. The average Bonchev–Trinajstić information content (AvgIpc) is 2.74. The number of anilines is 1. The molecule has 0 aliphatic carbocycles. The van der Waals surface area contributed by atoms with Gasteiger partial charge in [-0.1, -0.05) is 30.3 Å². The number of nitrogens with one attached hydrogen (secondary N) is 1. The van der Waals surface area contributed by atoms with Gasteiger partial charge in [-0.3, -0.25) is 0 Å². The molecule has 6 heteroatoms. The molecule has 146 valence electrons. The summed E-state index contributed by atoms with van der Waals surface area (Å²) in [6.45, 7) is 2.04.